The minimum Gasteiger partial charge on any atom is -0.484 e. The number of carbonyl (C=O) groups excluding carboxylic acids is 1. The Morgan fingerprint density at radius 3 is 2.27 bits per heavy atom. The largest absolute Gasteiger partial charge is 0.484 e. The average molecular weight is 376 g/mol. The van der Waals surface area contributed by atoms with Crippen LogP contribution in [0.25, 0.3) is 0 Å². The molecule has 0 heterocycles. The lowest BCUT2D eigenvalue weighted by Gasteiger charge is -2.11. The van der Waals surface area contributed by atoms with Crippen LogP contribution in [-0.2, 0) is 14.8 Å². The van der Waals surface area contributed by atoms with E-state index in [0.717, 1.165) is 11.1 Å². The minimum absolute atomic E-state index is 0.0371. The van der Waals surface area contributed by atoms with Gasteiger partial charge >= 0.3 is 0 Å². The van der Waals surface area contributed by atoms with Crippen molar-refractivity contribution in [2.75, 3.05) is 11.3 Å². The number of sulfonamides is 1. The SMILES string of the molecule is Cc1ccc(NS(=O)(=O)c2ccc(OCC(=O)NC(C)C)cc2)cc1C. The van der Waals surface area contributed by atoms with Crippen molar-refractivity contribution in [2.45, 2.75) is 38.6 Å². The molecule has 0 aromatic heterocycles. The van der Waals surface area contributed by atoms with Gasteiger partial charge in [0.15, 0.2) is 6.61 Å². The van der Waals surface area contributed by atoms with Crippen molar-refractivity contribution in [1.29, 1.82) is 0 Å². The Hall–Kier alpha value is -2.54. The van der Waals surface area contributed by atoms with Crippen LogP contribution in [0.15, 0.2) is 47.4 Å². The highest BCUT2D eigenvalue weighted by molar-refractivity contribution is 7.92. The van der Waals surface area contributed by atoms with E-state index in [1.165, 1.54) is 24.3 Å². The van der Waals surface area contributed by atoms with Gasteiger partial charge in [-0.2, -0.15) is 0 Å². The highest BCUT2D eigenvalue weighted by atomic mass is 32.2. The second kappa shape index (κ2) is 8.23. The van der Waals surface area contributed by atoms with E-state index in [1.54, 1.807) is 12.1 Å². The summed E-state index contributed by atoms with van der Waals surface area (Å²) in [5, 5.41) is 2.71. The third kappa shape index (κ3) is 5.49. The lowest BCUT2D eigenvalue weighted by atomic mass is 10.1. The number of nitrogens with one attached hydrogen (secondary N) is 2. The summed E-state index contributed by atoms with van der Waals surface area (Å²) in [7, 11) is -3.69. The van der Waals surface area contributed by atoms with Crippen LogP contribution in [0, 0.1) is 13.8 Å². The summed E-state index contributed by atoms with van der Waals surface area (Å²) in [5.74, 6) is 0.196. The quantitative estimate of drug-likeness (QED) is 0.778. The van der Waals surface area contributed by atoms with Crippen LogP contribution in [0.3, 0.4) is 0 Å². The minimum atomic E-state index is -3.69. The number of hydrogen-bond donors (Lipinski definition) is 2. The van der Waals surface area contributed by atoms with Crippen LogP contribution >= 0.6 is 0 Å². The van der Waals surface area contributed by atoms with E-state index in [0.29, 0.717) is 11.4 Å². The molecule has 26 heavy (non-hydrogen) atoms. The zero-order valence-electron chi connectivity index (χ0n) is 15.4. The van der Waals surface area contributed by atoms with E-state index in [9.17, 15) is 13.2 Å². The zero-order chi connectivity index (χ0) is 19.3. The van der Waals surface area contributed by atoms with Gasteiger partial charge in [-0.05, 0) is 75.2 Å². The summed E-state index contributed by atoms with van der Waals surface area (Å²) in [6, 6.07) is 11.4. The van der Waals surface area contributed by atoms with E-state index in [-0.39, 0.29) is 23.5 Å². The summed E-state index contributed by atoms with van der Waals surface area (Å²) < 4.78 is 32.9. The van der Waals surface area contributed by atoms with E-state index in [2.05, 4.69) is 10.0 Å². The van der Waals surface area contributed by atoms with Crippen LogP contribution in [0.4, 0.5) is 5.69 Å². The monoisotopic (exact) mass is 376 g/mol. The summed E-state index contributed by atoms with van der Waals surface area (Å²) in [4.78, 5) is 11.7. The second-order valence-electron chi connectivity index (χ2n) is 6.39. The predicted molar refractivity (Wildman–Crippen MR) is 102 cm³/mol. The van der Waals surface area contributed by atoms with Crippen LogP contribution in [-0.4, -0.2) is 27.0 Å². The number of aryl methyl sites for hydroxylation is 2. The van der Waals surface area contributed by atoms with Gasteiger partial charge in [0.25, 0.3) is 15.9 Å². The molecule has 2 N–H and O–H groups in total. The van der Waals surface area contributed by atoms with Crippen molar-refractivity contribution in [1.82, 2.24) is 5.32 Å². The molecule has 0 saturated heterocycles. The maximum atomic E-state index is 12.5. The highest BCUT2D eigenvalue weighted by Crippen LogP contribution is 2.21. The number of amides is 1. The predicted octanol–water partition coefficient (Wildman–Crippen LogP) is 3.01. The van der Waals surface area contributed by atoms with Gasteiger partial charge in [0, 0.05) is 11.7 Å². The van der Waals surface area contributed by atoms with Gasteiger partial charge < -0.3 is 10.1 Å². The second-order valence-corrected chi connectivity index (χ2v) is 8.07. The lowest BCUT2D eigenvalue weighted by Crippen LogP contribution is -2.34. The topological polar surface area (TPSA) is 84.5 Å². The molecular formula is C19H24N2O4S. The van der Waals surface area contributed by atoms with Crippen molar-refractivity contribution in [3.05, 3.63) is 53.6 Å². The van der Waals surface area contributed by atoms with Gasteiger partial charge in [0.1, 0.15) is 5.75 Å². The number of rotatable bonds is 7. The molecule has 0 saturated carbocycles. The van der Waals surface area contributed by atoms with Crippen molar-refractivity contribution in [3.8, 4) is 5.75 Å². The molecule has 1 amide bonds. The molecule has 2 rings (SSSR count). The lowest BCUT2D eigenvalue weighted by molar-refractivity contribution is -0.123. The highest BCUT2D eigenvalue weighted by Gasteiger charge is 2.15. The molecule has 0 aliphatic carbocycles. The Balaban J connectivity index is 2.04. The van der Waals surface area contributed by atoms with Gasteiger partial charge in [-0.25, -0.2) is 8.42 Å². The van der Waals surface area contributed by atoms with Crippen LogP contribution < -0.4 is 14.8 Å². The average Bonchev–Trinajstić information content (AvgIpc) is 2.56. The fourth-order valence-electron chi connectivity index (χ4n) is 2.25. The fourth-order valence-corrected chi connectivity index (χ4v) is 3.30. The Labute approximate surface area is 154 Å². The first-order valence-electron chi connectivity index (χ1n) is 8.29. The molecule has 7 heteroatoms. The molecule has 0 atom stereocenters. The molecule has 140 valence electrons. The van der Waals surface area contributed by atoms with E-state index < -0.39 is 10.0 Å². The maximum Gasteiger partial charge on any atom is 0.261 e. The van der Waals surface area contributed by atoms with Gasteiger partial charge in [0.2, 0.25) is 0 Å². The van der Waals surface area contributed by atoms with Crippen LogP contribution in [0.5, 0.6) is 5.75 Å². The van der Waals surface area contributed by atoms with E-state index in [4.69, 9.17) is 4.74 Å². The number of carbonyl (C=O) groups is 1. The number of benzene rings is 2. The summed E-state index contributed by atoms with van der Waals surface area (Å²) in [6.45, 7) is 7.49. The molecule has 2 aromatic carbocycles. The summed E-state index contributed by atoms with van der Waals surface area (Å²) in [6.07, 6.45) is 0. The Morgan fingerprint density at radius 2 is 1.69 bits per heavy atom. The molecule has 0 unspecified atom stereocenters. The van der Waals surface area contributed by atoms with E-state index in [1.807, 2.05) is 33.8 Å². The molecule has 0 aliphatic heterocycles. The first-order chi connectivity index (χ1) is 12.2. The zero-order valence-corrected chi connectivity index (χ0v) is 16.2. The Kier molecular flexibility index (Phi) is 6.26. The third-order valence-corrected chi connectivity index (χ3v) is 5.11. The Bertz CT molecular complexity index is 875. The third-order valence-electron chi connectivity index (χ3n) is 3.71. The van der Waals surface area contributed by atoms with Gasteiger partial charge in [-0.15, -0.1) is 0 Å². The Morgan fingerprint density at radius 1 is 1.04 bits per heavy atom. The summed E-state index contributed by atoms with van der Waals surface area (Å²) in [5.41, 5.74) is 2.61. The first-order valence-corrected chi connectivity index (χ1v) is 9.78. The molecule has 0 aliphatic rings. The molecule has 6 nitrogen and oxygen atoms in total. The molecule has 2 aromatic rings. The van der Waals surface area contributed by atoms with Crippen molar-refractivity contribution in [3.63, 3.8) is 0 Å². The molecule has 0 radical (unpaired) electrons. The number of ether oxygens (including phenoxy) is 1. The maximum absolute atomic E-state index is 12.5. The number of anilines is 1. The van der Waals surface area contributed by atoms with Crippen molar-refractivity contribution >= 4 is 21.6 Å². The van der Waals surface area contributed by atoms with E-state index >= 15 is 0 Å². The summed E-state index contributed by atoms with van der Waals surface area (Å²) >= 11 is 0. The smallest absolute Gasteiger partial charge is 0.261 e. The van der Waals surface area contributed by atoms with Gasteiger partial charge in [-0.3, -0.25) is 9.52 Å². The molecular weight excluding hydrogens is 352 g/mol. The number of hydrogen-bond acceptors (Lipinski definition) is 4. The van der Waals surface area contributed by atoms with Gasteiger partial charge in [-0.1, -0.05) is 6.07 Å². The van der Waals surface area contributed by atoms with Crippen LogP contribution in [0.1, 0.15) is 25.0 Å². The van der Waals surface area contributed by atoms with Gasteiger partial charge in [0.05, 0.1) is 4.90 Å². The first kappa shape index (κ1) is 19.8. The van der Waals surface area contributed by atoms with Crippen LogP contribution in [0.2, 0.25) is 0 Å². The fraction of sp³-hybridized carbons (Fsp3) is 0.316. The molecule has 0 fully saturated rings. The van der Waals surface area contributed by atoms with Crippen molar-refractivity contribution < 1.29 is 17.9 Å². The van der Waals surface area contributed by atoms with Crippen molar-refractivity contribution in [2.24, 2.45) is 0 Å². The molecule has 0 bridgehead atoms. The normalized spacial score (nSPS) is 11.3. The standard InChI is InChI=1S/C19H24N2O4S/c1-13(2)20-19(22)12-25-17-7-9-18(10-8-17)26(23,24)21-16-6-5-14(3)15(4)11-16/h5-11,13,21H,12H2,1-4H3,(H,20,22). The molecule has 0 spiro atoms.